The average molecular weight is 277 g/mol. The number of carbonyl (C=O) groups is 1. The van der Waals surface area contributed by atoms with Crippen LogP contribution in [0.15, 0.2) is 24.3 Å². The molecule has 2 aliphatic rings. The second-order valence-corrected chi connectivity index (χ2v) is 5.51. The number of aliphatic hydroxyl groups is 1. The first-order chi connectivity index (χ1) is 9.66. The van der Waals surface area contributed by atoms with E-state index in [9.17, 15) is 9.90 Å². The van der Waals surface area contributed by atoms with Crippen molar-refractivity contribution in [2.45, 2.75) is 25.0 Å². The number of nitrogens with zero attached hydrogens (tertiary/aromatic N) is 1. The van der Waals surface area contributed by atoms with Crippen molar-refractivity contribution >= 4 is 5.97 Å². The van der Waals surface area contributed by atoms with E-state index in [1.807, 2.05) is 24.3 Å². The zero-order valence-corrected chi connectivity index (χ0v) is 11.2. The summed E-state index contributed by atoms with van der Waals surface area (Å²) in [7, 11) is 0. The predicted octanol–water partition coefficient (Wildman–Crippen LogP) is 1.28. The third-order valence-electron chi connectivity index (χ3n) is 4.36. The zero-order chi connectivity index (χ0) is 14.1. The van der Waals surface area contributed by atoms with E-state index < -0.39 is 12.1 Å². The molecule has 20 heavy (non-hydrogen) atoms. The van der Waals surface area contributed by atoms with Gasteiger partial charge in [-0.2, -0.15) is 0 Å². The fraction of sp³-hybridized carbons (Fsp3) is 0.533. The molecule has 2 N–H and O–H groups in total. The monoisotopic (exact) mass is 277 g/mol. The molecule has 0 spiro atoms. The van der Waals surface area contributed by atoms with Gasteiger partial charge in [-0.1, -0.05) is 18.2 Å². The Labute approximate surface area is 117 Å². The maximum atomic E-state index is 11.0. The van der Waals surface area contributed by atoms with Crippen LogP contribution in [0.4, 0.5) is 0 Å². The van der Waals surface area contributed by atoms with Crippen molar-refractivity contribution in [1.82, 2.24) is 4.90 Å². The van der Waals surface area contributed by atoms with Gasteiger partial charge in [-0.25, -0.2) is 0 Å². The molecular weight excluding hydrogens is 258 g/mol. The van der Waals surface area contributed by atoms with E-state index in [4.69, 9.17) is 9.84 Å². The highest BCUT2D eigenvalue weighted by Crippen LogP contribution is 2.35. The Bertz CT molecular complexity index is 496. The molecule has 2 atom stereocenters. The van der Waals surface area contributed by atoms with Crippen LogP contribution in [0.3, 0.4) is 0 Å². The van der Waals surface area contributed by atoms with E-state index in [0.29, 0.717) is 32.5 Å². The molecule has 1 aromatic rings. The molecule has 0 amide bonds. The van der Waals surface area contributed by atoms with Crippen molar-refractivity contribution in [3.05, 3.63) is 29.8 Å². The number of piperidine rings is 1. The van der Waals surface area contributed by atoms with Crippen LogP contribution < -0.4 is 4.74 Å². The second-order valence-electron chi connectivity index (χ2n) is 5.51. The van der Waals surface area contributed by atoms with E-state index in [-0.39, 0.29) is 12.0 Å². The fourth-order valence-corrected chi connectivity index (χ4v) is 3.11. The lowest BCUT2D eigenvalue weighted by Gasteiger charge is -2.41. The first-order valence-corrected chi connectivity index (χ1v) is 7.03. The summed E-state index contributed by atoms with van der Waals surface area (Å²) < 4.78 is 5.72. The Morgan fingerprint density at radius 1 is 1.25 bits per heavy atom. The number of benzene rings is 1. The van der Waals surface area contributed by atoms with Crippen LogP contribution in [0, 0.1) is 5.92 Å². The van der Waals surface area contributed by atoms with Crippen LogP contribution in [-0.2, 0) is 4.79 Å². The quantitative estimate of drug-likeness (QED) is 0.852. The maximum Gasteiger partial charge on any atom is 0.306 e. The highest BCUT2D eigenvalue weighted by molar-refractivity contribution is 5.70. The van der Waals surface area contributed by atoms with Gasteiger partial charge in [-0.05, 0) is 32.0 Å². The van der Waals surface area contributed by atoms with Crippen molar-refractivity contribution in [3.63, 3.8) is 0 Å². The first-order valence-electron chi connectivity index (χ1n) is 7.03. The van der Waals surface area contributed by atoms with E-state index >= 15 is 0 Å². The van der Waals surface area contributed by atoms with Gasteiger partial charge in [0.15, 0.2) is 0 Å². The van der Waals surface area contributed by atoms with E-state index in [1.54, 1.807) is 0 Å². The lowest BCUT2D eigenvalue weighted by atomic mass is 9.92. The van der Waals surface area contributed by atoms with Gasteiger partial charge in [0, 0.05) is 5.56 Å². The minimum absolute atomic E-state index is 0.0837. The summed E-state index contributed by atoms with van der Waals surface area (Å²) in [5, 5.41) is 19.5. The van der Waals surface area contributed by atoms with Gasteiger partial charge in [0.2, 0.25) is 0 Å². The Morgan fingerprint density at radius 2 is 1.95 bits per heavy atom. The van der Waals surface area contributed by atoms with Gasteiger partial charge in [0.05, 0.1) is 12.0 Å². The maximum absolute atomic E-state index is 11.0. The molecule has 108 valence electrons. The normalized spacial score (nSPS) is 27.6. The fourth-order valence-electron chi connectivity index (χ4n) is 3.11. The zero-order valence-electron chi connectivity index (χ0n) is 11.2. The van der Waals surface area contributed by atoms with Crippen LogP contribution in [0.25, 0.3) is 0 Å². The number of rotatable bonds is 2. The number of ether oxygens (including phenoxy) is 1. The Kier molecular flexibility index (Phi) is 3.63. The number of aliphatic carboxylic acids is 1. The van der Waals surface area contributed by atoms with Gasteiger partial charge in [-0.3, -0.25) is 9.69 Å². The molecule has 1 saturated heterocycles. The third kappa shape index (κ3) is 2.39. The summed E-state index contributed by atoms with van der Waals surface area (Å²) >= 11 is 0. The summed E-state index contributed by atoms with van der Waals surface area (Å²) in [4.78, 5) is 13.1. The first kappa shape index (κ1) is 13.4. The molecule has 2 unspecified atom stereocenters. The summed E-state index contributed by atoms with van der Waals surface area (Å²) in [5.74, 6) is -0.215. The number of para-hydroxylation sites is 1. The largest absolute Gasteiger partial charge is 0.491 e. The van der Waals surface area contributed by atoms with Gasteiger partial charge in [0.25, 0.3) is 0 Å². The number of hydrogen-bond acceptors (Lipinski definition) is 4. The molecule has 0 aromatic heterocycles. The van der Waals surface area contributed by atoms with Crippen molar-refractivity contribution in [2.24, 2.45) is 5.92 Å². The summed E-state index contributed by atoms with van der Waals surface area (Å²) in [5.41, 5.74) is 0.823. The molecule has 0 saturated carbocycles. The lowest BCUT2D eigenvalue weighted by molar-refractivity contribution is -0.143. The Morgan fingerprint density at radius 3 is 2.65 bits per heavy atom. The highest BCUT2D eigenvalue weighted by atomic mass is 16.5. The number of aliphatic hydroxyl groups excluding tert-OH is 1. The lowest BCUT2D eigenvalue weighted by Crippen LogP contribution is -2.49. The SMILES string of the molecule is O=C(O)C1CCN(C2COc3ccccc3C2O)CC1. The molecule has 3 rings (SSSR count). The number of likely N-dealkylation sites (tertiary alicyclic amines) is 1. The van der Waals surface area contributed by atoms with Gasteiger partial charge >= 0.3 is 5.97 Å². The van der Waals surface area contributed by atoms with E-state index in [0.717, 1.165) is 11.3 Å². The molecule has 1 fully saturated rings. The molecular formula is C15H19NO4. The van der Waals surface area contributed by atoms with E-state index in [2.05, 4.69) is 4.90 Å². The van der Waals surface area contributed by atoms with Crippen molar-refractivity contribution < 1.29 is 19.7 Å². The number of carboxylic acid groups (broad SMARTS) is 1. The van der Waals surface area contributed by atoms with Crippen molar-refractivity contribution in [3.8, 4) is 5.75 Å². The number of hydrogen-bond donors (Lipinski definition) is 2. The highest BCUT2D eigenvalue weighted by Gasteiger charge is 2.36. The van der Waals surface area contributed by atoms with Crippen LogP contribution in [0.1, 0.15) is 24.5 Å². The number of carboxylic acids is 1. The molecule has 0 radical (unpaired) electrons. The van der Waals surface area contributed by atoms with Crippen LogP contribution >= 0.6 is 0 Å². The average Bonchev–Trinajstić information content (AvgIpc) is 2.48. The van der Waals surface area contributed by atoms with Crippen molar-refractivity contribution in [2.75, 3.05) is 19.7 Å². The van der Waals surface area contributed by atoms with Crippen LogP contribution in [0.2, 0.25) is 0 Å². The van der Waals surface area contributed by atoms with Gasteiger partial charge < -0.3 is 14.9 Å². The molecule has 5 nitrogen and oxygen atoms in total. The third-order valence-corrected chi connectivity index (χ3v) is 4.36. The predicted molar refractivity (Wildman–Crippen MR) is 72.6 cm³/mol. The Balaban J connectivity index is 1.69. The van der Waals surface area contributed by atoms with Gasteiger partial charge in [-0.15, -0.1) is 0 Å². The van der Waals surface area contributed by atoms with Crippen LogP contribution in [-0.4, -0.2) is 46.8 Å². The molecule has 0 aliphatic carbocycles. The topological polar surface area (TPSA) is 70.0 Å². The molecule has 5 heteroatoms. The minimum Gasteiger partial charge on any atom is -0.491 e. The summed E-state index contributed by atoms with van der Waals surface area (Å²) in [6.45, 7) is 1.85. The summed E-state index contributed by atoms with van der Waals surface area (Å²) in [6.07, 6.45) is 0.710. The second kappa shape index (κ2) is 5.42. The summed E-state index contributed by atoms with van der Waals surface area (Å²) in [6, 6.07) is 7.45. The minimum atomic E-state index is -0.713. The standard InChI is InChI=1S/C15H19NO4/c17-14-11-3-1-2-4-13(11)20-9-12(14)16-7-5-10(6-8-16)15(18)19/h1-4,10,12,14,17H,5-9H2,(H,18,19). The molecule has 2 heterocycles. The molecule has 2 aliphatic heterocycles. The van der Waals surface area contributed by atoms with E-state index in [1.165, 1.54) is 0 Å². The van der Waals surface area contributed by atoms with Gasteiger partial charge in [0.1, 0.15) is 18.5 Å². The van der Waals surface area contributed by atoms with Crippen molar-refractivity contribution in [1.29, 1.82) is 0 Å². The smallest absolute Gasteiger partial charge is 0.306 e. The van der Waals surface area contributed by atoms with Crippen LogP contribution in [0.5, 0.6) is 5.75 Å². The number of fused-ring (bicyclic) bond motifs is 1. The molecule has 0 bridgehead atoms. The Hall–Kier alpha value is -1.59. The molecule has 1 aromatic carbocycles.